The van der Waals surface area contributed by atoms with E-state index < -0.39 is 0 Å². The summed E-state index contributed by atoms with van der Waals surface area (Å²) in [6.07, 6.45) is 1.98. The van der Waals surface area contributed by atoms with E-state index in [1.54, 1.807) is 0 Å². The predicted molar refractivity (Wildman–Crippen MR) is 80.6 cm³/mol. The summed E-state index contributed by atoms with van der Waals surface area (Å²) in [6.45, 7) is 10.7. The van der Waals surface area contributed by atoms with E-state index in [2.05, 4.69) is 40.2 Å². The molecule has 20 heavy (non-hydrogen) atoms. The maximum Gasteiger partial charge on any atom is 0.157 e. The molecule has 108 valence electrons. The van der Waals surface area contributed by atoms with Gasteiger partial charge in [0.15, 0.2) is 5.65 Å². The lowest BCUT2D eigenvalue weighted by atomic mass is 10.0. The van der Waals surface area contributed by atoms with Crippen LogP contribution in [-0.2, 0) is 13.6 Å². The topological polar surface area (TPSA) is 46.0 Å². The molecule has 0 spiro atoms. The smallest absolute Gasteiger partial charge is 0.157 e. The Morgan fingerprint density at radius 1 is 1.40 bits per heavy atom. The quantitative estimate of drug-likeness (QED) is 0.900. The van der Waals surface area contributed by atoms with Crippen LogP contribution < -0.4 is 5.32 Å². The zero-order valence-corrected chi connectivity index (χ0v) is 12.8. The number of nitrogens with one attached hydrogen (secondary N) is 1. The van der Waals surface area contributed by atoms with E-state index in [0.717, 1.165) is 37.5 Å². The molecule has 0 unspecified atom stereocenters. The fourth-order valence-corrected chi connectivity index (χ4v) is 3.08. The molecule has 1 fully saturated rings. The third-order valence-corrected chi connectivity index (χ3v) is 3.98. The van der Waals surface area contributed by atoms with Crippen LogP contribution in [0.4, 0.5) is 0 Å². The first kappa shape index (κ1) is 13.5. The maximum absolute atomic E-state index is 4.56. The second kappa shape index (κ2) is 4.82. The van der Waals surface area contributed by atoms with Crippen LogP contribution in [0.2, 0.25) is 0 Å². The maximum atomic E-state index is 4.56. The largest absolute Gasteiger partial charge is 0.309 e. The molecule has 0 atom stereocenters. The number of aromatic nitrogens is 3. The van der Waals surface area contributed by atoms with Crippen molar-refractivity contribution >= 4 is 11.0 Å². The normalized spacial score (nSPS) is 19.6. The van der Waals surface area contributed by atoms with Gasteiger partial charge in [0, 0.05) is 50.3 Å². The number of hydrogen-bond acceptors (Lipinski definition) is 4. The van der Waals surface area contributed by atoms with Crippen LogP contribution in [0.3, 0.4) is 0 Å². The SMILES string of the molecule is Cc1nn(C)c2ncc(CN3CCNC(C)(C)C3)cc12. The van der Waals surface area contributed by atoms with Crippen molar-refractivity contribution < 1.29 is 0 Å². The van der Waals surface area contributed by atoms with Gasteiger partial charge in [-0.05, 0) is 32.4 Å². The molecule has 0 saturated carbocycles. The zero-order valence-electron chi connectivity index (χ0n) is 12.8. The van der Waals surface area contributed by atoms with E-state index >= 15 is 0 Å². The summed E-state index contributed by atoms with van der Waals surface area (Å²) >= 11 is 0. The molecular formula is C15H23N5. The average molecular weight is 273 g/mol. The number of nitrogens with zero attached hydrogens (tertiary/aromatic N) is 4. The lowest BCUT2D eigenvalue weighted by Gasteiger charge is -2.39. The van der Waals surface area contributed by atoms with Crippen molar-refractivity contribution in [2.45, 2.75) is 32.9 Å². The van der Waals surface area contributed by atoms with Crippen molar-refractivity contribution in [3.8, 4) is 0 Å². The Morgan fingerprint density at radius 3 is 2.95 bits per heavy atom. The summed E-state index contributed by atoms with van der Waals surface area (Å²) in [5, 5.41) is 9.14. The number of aryl methyl sites for hydroxylation is 2. The van der Waals surface area contributed by atoms with E-state index in [4.69, 9.17) is 0 Å². The van der Waals surface area contributed by atoms with E-state index in [1.807, 2.05) is 24.9 Å². The van der Waals surface area contributed by atoms with Crippen LogP contribution in [0.1, 0.15) is 25.1 Å². The van der Waals surface area contributed by atoms with Gasteiger partial charge in [-0.1, -0.05) is 0 Å². The Bertz CT molecular complexity index is 628. The van der Waals surface area contributed by atoms with Crippen LogP contribution in [0, 0.1) is 6.92 Å². The van der Waals surface area contributed by atoms with E-state index in [-0.39, 0.29) is 5.54 Å². The van der Waals surface area contributed by atoms with Gasteiger partial charge < -0.3 is 5.32 Å². The lowest BCUT2D eigenvalue weighted by Crippen LogP contribution is -2.56. The molecule has 1 aliphatic rings. The summed E-state index contributed by atoms with van der Waals surface area (Å²) in [7, 11) is 1.95. The summed E-state index contributed by atoms with van der Waals surface area (Å²) in [5.74, 6) is 0. The first-order valence-corrected chi connectivity index (χ1v) is 7.20. The number of pyridine rings is 1. The molecule has 0 aliphatic carbocycles. The average Bonchev–Trinajstić information content (AvgIpc) is 2.63. The number of hydrogen-bond donors (Lipinski definition) is 1. The Hall–Kier alpha value is -1.46. The van der Waals surface area contributed by atoms with Gasteiger partial charge in [-0.3, -0.25) is 9.58 Å². The van der Waals surface area contributed by atoms with E-state index in [1.165, 1.54) is 10.9 Å². The Labute approximate surface area is 120 Å². The van der Waals surface area contributed by atoms with Crippen molar-refractivity contribution in [2.24, 2.45) is 7.05 Å². The molecule has 3 heterocycles. The van der Waals surface area contributed by atoms with Crippen LogP contribution in [0.15, 0.2) is 12.3 Å². The van der Waals surface area contributed by atoms with Crippen LogP contribution in [-0.4, -0.2) is 44.8 Å². The van der Waals surface area contributed by atoms with Crippen molar-refractivity contribution in [3.05, 3.63) is 23.5 Å². The Kier molecular flexibility index (Phi) is 3.26. The molecular weight excluding hydrogens is 250 g/mol. The monoisotopic (exact) mass is 273 g/mol. The molecule has 0 amide bonds. The van der Waals surface area contributed by atoms with Gasteiger partial charge in [0.1, 0.15) is 0 Å². The molecule has 1 saturated heterocycles. The third kappa shape index (κ3) is 2.55. The molecule has 0 aromatic carbocycles. The molecule has 5 nitrogen and oxygen atoms in total. The molecule has 0 bridgehead atoms. The third-order valence-electron chi connectivity index (χ3n) is 3.98. The van der Waals surface area contributed by atoms with Gasteiger partial charge in [0.2, 0.25) is 0 Å². The highest BCUT2D eigenvalue weighted by molar-refractivity contribution is 5.78. The first-order valence-electron chi connectivity index (χ1n) is 7.20. The van der Waals surface area contributed by atoms with Crippen LogP contribution >= 0.6 is 0 Å². The number of rotatable bonds is 2. The number of fused-ring (bicyclic) bond motifs is 1. The molecule has 2 aromatic rings. The molecule has 5 heteroatoms. The second-order valence-electron chi connectivity index (χ2n) is 6.45. The van der Waals surface area contributed by atoms with Crippen LogP contribution in [0.5, 0.6) is 0 Å². The molecule has 1 N–H and O–H groups in total. The van der Waals surface area contributed by atoms with Gasteiger partial charge in [-0.25, -0.2) is 4.98 Å². The highest BCUT2D eigenvalue weighted by Gasteiger charge is 2.25. The predicted octanol–water partition coefficient (Wildman–Crippen LogP) is 1.46. The minimum absolute atomic E-state index is 0.194. The van der Waals surface area contributed by atoms with Gasteiger partial charge in [0.05, 0.1) is 5.69 Å². The fourth-order valence-electron chi connectivity index (χ4n) is 3.08. The zero-order chi connectivity index (χ0) is 14.3. The first-order chi connectivity index (χ1) is 9.44. The number of piperazine rings is 1. The van der Waals surface area contributed by atoms with Crippen molar-refractivity contribution in [1.82, 2.24) is 25.0 Å². The van der Waals surface area contributed by atoms with Gasteiger partial charge in [-0.15, -0.1) is 0 Å². The van der Waals surface area contributed by atoms with E-state index in [0.29, 0.717) is 0 Å². The molecule has 3 rings (SSSR count). The Morgan fingerprint density at radius 2 is 2.20 bits per heavy atom. The lowest BCUT2D eigenvalue weighted by molar-refractivity contribution is 0.148. The van der Waals surface area contributed by atoms with Crippen LogP contribution in [0.25, 0.3) is 11.0 Å². The van der Waals surface area contributed by atoms with Crippen molar-refractivity contribution in [1.29, 1.82) is 0 Å². The standard InChI is InChI=1S/C15H23N5/c1-11-13-7-12(8-16-14(13)19(4)18-11)9-20-6-5-17-15(2,3)10-20/h7-8,17H,5-6,9-10H2,1-4H3. The minimum Gasteiger partial charge on any atom is -0.309 e. The fraction of sp³-hybridized carbons (Fsp3) is 0.600. The summed E-state index contributed by atoms with van der Waals surface area (Å²) in [4.78, 5) is 7.05. The Balaban J connectivity index is 1.82. The van der Waals surface area contributed by atoms with E-state index in [9.17, 15) is 0 Å². The van der Waals surface area contributed by atoms with Crippen molar-refractivity contribution in [2.75, 3.05) is 19.6 Å². The highest BCUT2D eigenvalue weighted by atomic mass is 15.3. The van der Waals surface area contributed by atoms with Gasteiger partial charge >= 0.3 is 0 Å². The molecule has 0 radical (unpaired) electrons. The second-order valence-corrected chi connectivity index (χ2v) is 6.45. The van der Waals surface area contributed by atoms with Crippen molar-refractivity contribution in [3.63, 3.8) is 0 Å². The molecule has 2 aromatic heterocycles. The summed E-state index contributed by atoms with van der Waals surface area (Å²) in [6, 6.07) is 2.24. The van der Waals surface area contributed by atoms with Gasteiger partial charge in [-0.2, -0.15) is 5.10 Å². The minimum atomic E-state index is 0.194. The highest BCUT2D eigenvalue weighted by Crippen LogP contribution is 2.19. The summed E-state index contributed by atoms with van der Waals surface area (Å²) < 4.78 is 1.85. The van der Waals surface area contributed by atoms with Gasteiger partial charge in [0.25, 0.3) is 0 Å². The summed E-state index contributed by atoms with van der Waals surface area (Å²) in [5.41, 5.74) is 3.48. The molecule has 1 aliphatic heterocycles.